The van der Waals surface area contributed by atoms with E-state index < -0.39 is 17.2 Å². The zero-order chi connectivity index (χ0) is 23.4. The number of benzene rings is 2. The minimum Gasteiger partial charge on any atom is -0.477 e. The summed E-state index contributed by atoms with van der Waals surface area (Å²) < 4.78 is 2.62. The van der Waals surface area contributed by atoms with Gasteiger partial charge in [0.2, 0.25) is 0 Å². The molecule has 0 unspecified atom stereocenters. The van der Waals surface area contributed by atoms with E-state index in [1.165, 1.54) is 11.3 Å². The van der Waals surface area contributed by atoms with Crippen LogP contribution in [0.4, 0.5) is 0 Å². The van der Waals surface area contributed by atoms with Gasteiger partial charge in [-0.3, -0.25) is 4.79 Å². The van der Waals surface area contributed by atoms with Gasteiger partial charge in [-0.05, 0) is 49.6 Å². The monoisotopic (exact) mass is 459 g/mol. The van der Waals surface area contributed by atoms with Crippen molar-refractivity contribution >= 4 is 39.1 Å². The number of aromatic carboxylic acids is 1. The highest BCUT2D eigenvalue weighted by molar-refractivity contribution is 7.09. The van der Waals surface area contributed by atoms with E-state index in [-0.39, 0.29) is 17.9 Å². The number of aromatic nitrogens is 3. The smallest absolute Gasteiger partial charge is 0.354 e. The van der Waals surface area contributed by atoms with E-state index in [9.17, 15) is 19.5 Å². The van der Waals surface area contributed by atoms with Gasteiger partial charge in [0, 0.05) is 22.7 Å². The number of nitrogens with zero attached hydrogens (tertiary/aromatic N) is 2. The molecule has 0 atom stereocenters. The highest BCUT2D eigenvalue weighted by atomic mass is 32.1. The van der Waals surface area contributed by atoms with Crippen LogP contribution in [-0.4, -0.2) is 25.2 Å². The molecule has 7 nitrogen and oxygen atoms in total. The van der Waals surface area contributed by atoms with Crippen molar-refractivity contribution in [3.8, 4) is 5.69 Å². The van der Waals surface area contributed by atoms with Crippen LogP contribution in [-0.2, 0) is 6.54 Å². The zero-order valence-electron chi connectivity index (χ0n) is 18.3. The van der Waals surface area contributed by atoms with Crippen LogP contribution in [0.5, 0.6) is 0 Å². The highest BCUT2D eigenvalue weighted by Gasteiger charge is 2.27. The highest BCUT2D eigenvalue weighted by Crippen LogP contribution is 2.31. The molecule has 166 valence electrons. The molecule has 0 saturated heterocycles. The number of nitrogens with one attached hydrogen (secondary N) is 1. The molecule has 0 saturated carbocycles. The molecular formula is C25H21N3O4S. The third-order valence-corrected chi connectivity index (χ3v) is 6.81. The summed E-state index contributed by atoms with van der Waals surface area (Å²) in [6, 6.07) is 11.5. The number of hydrogen-bond donors (Lipinski definition) is 2. The van der Waals surface area contributed by atoms with Crippen molar-refractivity contribution in [3.05, 3.63) is 95.9 Å². The Morgan fingerprint density at radius 2 is 1.79 bits per heavy atom. The van der Waals surface area contributed by atoms with Crippen LogP contribution >= 0.6 is 11.3 Å². The zero-order valence-corrected chi connectivity index (χ0v) is 19.1. The fourth-order valence-corrected chi connectivity index (χ4v) is 5.04. The van der Waals surface area contributed by atoms with E-state index in [1.807, 2.05) is 57.2 Å². The maximum atomic E-state index is 13.3. The number of carbonyl (C=O) groups is 1. The maximum absolute atomic E-state index is 13.3. The molecular weight excluding hydrogens is 438 g/mol. The Morgan fingerprint density at radius 1 is 1.00 bits per heavy atom. The van der Waals surface area contributed by atoms with Gasteiger partial charge in [-0.25, -0.2) is 14.2 Å². The molecule has 5 rings (SSSR count). The molecule has 0 aliphatic heterocycles. The molecule has 33 heavy (non-hydrogen) atoms. The van der Waals surface area contributed by atoms with E-state index in [0.717, 1.165) is 26.8 Å². The van der Waals surface area contributed by atoms with Crippen LogP contribution in [0.3, 0.4) is 0 Å². The van der Waals surface area contributed by atoms with Crippen molar-refractivity contribution in [2.24, 2.45) is 0 Å². The Labute approximate surface area is 192 Å². The fraction of sp³-hybridized carbons (Fsp3) is 0.160. The molecule has 0 aliphatic rings. The lowest BCUT2D eigenvalue weighted by atomic mass is 10.1. The topological polar surface area (TPSA) is 97.1 Å². The lowest BCUT2D eigenvalue weighted by molar-refractivity contribution is 0.0686. The Bertz CT molecular complexity index is 1700. The number of aryl methyl sites for hydroxylation is 3. The second-order valence-electron chi connectivity index (χ2n) is 8.30. The van der Waals surface area contributed by atoms with Gasteiger partial charge in [-0.1, -0.05) is 29.8 Å². The number of aromatic amines is 1. The number of thiophene rings is 1. The van der Waals surface area contributed by atoms with Gasteiger partial charge in [0.25, 0.3) is 5.56 Å². The number of fused-ring (bicyclic) bond motifs is 2. The van der Waals surface area contributed by atoms with E-state index >= 15 is 0 Å². The number of carboxylic acid groups (broad SMARTS) is 1. The molecule has 0 fully saturated rings. The van der Waals surface area contributed by atoms with Crippen LogP contribution in [0.15, 0.2) is 56.7 Å². The molecule has 5 aromatic rings. The van der Waals surface area contributed by atoms with Crippen LogP contribution in [0.2, 0.25) is 0 Å². The van der Waals surface area contributed by atoms with Gasteiger partial charge in [0.05, 0.1) is 22.1 Å². The quantitative estimate of drug-likeness (QED) is 0.417. The van der Waals surface area contributed by atoms with Gasteiger partial charge >= 0.3 is 11.7 Å². The third-order valence-electron chi connectivity index (χ3n) is 6.07. The van der Waals surface area contributed by atoms with E-state index in [4.69, 9.17) is 0 Å². The minimum absolute atomic E-state index is 0.0874. The lowest BCUT2D eigenvalue weighted by Gasteiger charge is -2.11. The molecule has 0 bridgehead atoms. The van der Waals surface area contributed by atoms with Gasteiger partial charge in [-0.15, -0.1) is 11.3 Å². The first kappa shape index (κ1) is 21.0. The molecule has 0 amide bonds. The molecule has 2 aromatic carbocycles. The summed E-state index contributed by atoms with van der Waals surface area (Å²) in [5.41, 5.74) is 3.94. The average molecular weight is 460 g/mol. The molecule has 8 heteroatoms. The summed E-state index contributed by atoms with van der Waals surface area (Å²) in [4.78, 5) is 41.6. The Hall–Kier alpha value is -3.91. The predicted octanol–water partition coefficient (Wildman–Crippen LogP) is 4.37. The van der Waals surface area contributed by atoms with E-state index in [2.05, 4.69) is 4.98 Å². The summed E-state index contributed by atoms with van der Waals surface area (Å²) in [7, 11) is 0. The summed E-state index contributed by atoms with van der Waals surface area (Å²) in [6.45, 7) is 6.21. The van der Waals surface area contributed by atoms with Crippen molar-refractivity contribution < 1.29 is 9.90 Å². The van der Waals surface area contributed by atoms with Gasteiger partial charge in [0.1, 0.15) is 0 Å². The standard InChI is InChI=1S/C25H21N3O4S/c1-13-4-7-20-17(8-13)21(28-23(29)18-11-33-12-19(18)26-25(28)32)22(24(30)31)27(20)10-16-6-5-14(2)15(3)9-16/h4-9,11-12H,10H2,1-3H3,(H,26,32)(H,30,31). The molecule has 3 aromatic heterocycles. The van der Waals surface area contributed by atoms with E-state index in [1.54, 1.807) is 15.3 Å². The van der Waals surface area contributed by atoms with Crippen LogP contribution in [0.25, 0.3) is 27.5 Å². The van der Waals surface area contributed by atoms with Gasteiger partial charge in [0.15, 0.2) is 5.69 Å². The molecule has 0 spiro atoms. The van der Waals surface area contributed by atoms with Crippen molar-refractivity contribution in [1.82, 2.24) is 14.1 Å². The van der Waals surface area contributed by atoms with Gasteiger partial charge in [-0.2, -0.15) is 0 Å². The first-order valence-corrected chi connectivity index (χ1v) is 11.3. The van der Waals surface area contributed by atoms with Crippen molar-refractivity contribution in [2.75, 3.05) is 0 Å². The average Bonchev–Trinajstić information content (AvgIpc) is 3.34. The molecule has 0 aliphatic carbocycles. The molecule has 0 radical (unpaired) electrons. The second-order valence-corrected chi connectivity index (χ2v) is 9.04. The van der Waals surface area contributed by atoms with Crippen LogP contribution in [0, 0.1) is 20.8 Å². The fourth-order valence-electron chi connectivity index (χ4n) is 4.29. The lowest BCUT2D eigenvalue weighted by Crippen LogP contribution is -2.34. The predicted molar refractivity (Wildman–Crippen MR) is 130 cm³/mol. The Morgan fingerprint density at radius 3 is 2.52 bits per heavy atom. The number of rotatable bonds is 4. The number of carboxylic acids is 1. The summed E-state index contributed by atoms with van der Waals surface area (Å²) in [5, 5.41) is 14.5. The maximum Gasteiger partial charge on any atom is 0.354 e. The second kappa shape index (κ2) is 7.60. The summed E-state index contributed by atoms with van der Waals surface area (Å²) in [5.74, 6) is -1.21. The van der Waals surface area contributed by atoms with Crippen LogP contribution in [0.1, 0.15) is 32.7 Å². The normalized spacial score (nSPS) is 11.5. The first-order valence-electron chi connectivity index (χ1n) is 10.4. The Kier molecular flexibility index (Phi) is 4.83. The van der Waals surface area contributed by atoms with E-state index in [0.29, 0.717) is 21.8 Å². The summed E-state index contributed by atoms with van der Waals surface area (Å²) in [6.07, 6.45) is 0. The SMILES string of the molecule is Cc1ccc2c(c1)c(-n1c(=O)[nH]c3cscc3c1=O)c(C(=O)O)n2Cc1ccc(C)c(C)c1. The van der Waals surface area contributed by atoms with Gasteiger partial charge < -0.3 is 14.7 Å². The largest absolute Gasteiger partial charge is 0.477 e. The Balaban J connectivity index is 1.89. The van der Waals surface area contributed by atoms with Crippen LogP contribution < -0.4 is 11.2 Å². The molecule has 2 N–H and O–H groups in total. The summed E-state index contributed by atoms with van der Waals surface area (Å²) >= 11 is 1.30. The molecule has 3 heterocycles. The van der Waals surface area contributed by atoms with Crippen molar-refractivity contribution in [3.63, 3.8) is 0 Å². The first-order chi connectivity index (χ1) is 15.8. The van der Waals surface area contributed by atoms with Crippen molar-refractivity contribution in [1.29, 1.82) is 0 Å². The number of H-pyrrole nitrogens is 1. The van der Waals surface area contributed by atoms with Crippen molar-refractivity contribution in [2.45, 2.75) is 27.3 Å². The third kappa shape index (κ3) is 3.30. The minimum atomic E-state index is -1.21. The number of hydrogen-bond acceptors (Lipinski definition) is 4.